The highest BCUT2D eigenvalue weighted by Gasteiger charge is 2.14. The van der Waals surface area contributed by atoms with E-state index < -0.39 is 0 Å². The molecule has 2 N–H and O–H groups in total. The summed E-state index contributed by atoms with van der Waals surface area (Å²) >= 11 is 0. The average molecular weight is 315 g/mol. The van der Waals surface area contributed by atoms with Crippen molar-refractivity contribution >= 4 is 11.8 Å². The molecular formula is C17H25N5O. The van der Waals surface area contributed by atoms with Crippen molar-refractivity contribution in [1.29, 1.82) is 0 Å². The second kappa shape index (κ2) is 7.78. The standard InChI is InChI=1S/C17H25N5O/c1-13(2)22-16(19-17(23)18-10-11-21(3)4)12-15(20-22)14-8-6-5-7-9-14/h5-9,12-13H,10-11H2,1-4H3,(H2,18,19,23). The first-order valence-electron chi connectivity index (χ1n) is 7.82. The maximum atomic E-state index is 12.0. The molecule has 0 spiro atoms. The molecule has 0 saturated heterocycles. The predicted molar refractivity (Wildman–Crippen MR) is 93.6 cm³/mol. The maximum Gasteiger partial charge on any atom is 0.320 e. The highest BCUT2D eigenvalue weighted by atomic mass is 16.2. The lowest BCUT2D eigenvalue weighted by Gasteiger charge is -2.13. The molecule has 0 atom stereocenters. The third-order valence-electron chi connectivity index (χ3n) is 3.38. The van der Waals surface area contributed by atoms with Crippen LogP contribution >= 0.6 is 0 Å². The lowest BCUT2D eigenvalue weighted by atomic mass is 10.2. The van der Waals surface area contributed by atoms with E-state index >= 15 is 0 Å². The number of rotatable bonds is 6. The lowest BCUT2D eigenvalue weighted by Crippen LogP contribution is -2.35. The van der Waals surface area contributed by atoms with Crippen molar-refractivity contribution in [2.75, 3.05) is 32.5 Å². The van der Waals surface area contributed by atoms with Crippen molar-refractivity contribution in [3.63, 3.8) is 0 Å². The number of aromatic nitrogens is 2. The van der Waals surface area contributed by atoms with Crippen molar-refractivity contribution in [3.8, 4) is 11.3 Å². The second-order valence-corrected chi connectivity index (χ2v) is 6.00. The van der Waals surface area contributed by atoms with Gasteiger partial charge in [-0.3, -0.25) is 5.32 Å². The summed E-state index contributed by atoms with van der Waals surface area (Å²) in [6.07, 6.45) is 0. The molecule has 0 fully saturated rings. The number of nitrogens with one attached hydrogen (secondary N) is 2. The van der Waals surface area contributed by atoms with Crippen molar-refractivity contribution in [2.45, 2.75) is 19.9 Å². The van der Waals surface area contributed by atoms with Crippen LogP contribution in [0.5, 0.6) is 0 Å². The van der Waals surface area contributed by atoms with Crippen molar-refractivity contribution < 1.29 is 4.79 Å². The summed E-state index contributed by atoms with van der Waals surface area (Å²) in [5.74, 6) is 0.696. The quantitative estimate of drug-likeness (QED) is 0.861. The van der Waals surface area contributed by atoms with Gasteiger partial charge in [-0.25, -0.2) is 9.48 Å². The number of amides is 2. The summed E-state index contributed by atoms with van der Waals surface area (Å²) in [6.45, 7) is 5.47. The largest absolute Gasteiger partial charge is 0.337 e. The first kappa shape index (κ1) is 17.0. The third-order valence-corrected chi connectivity index (χ3v) is 3.38. The fourth-order valence-electron chi connectivity index (χ4n) is 2.18. The molecule has 1 aromatic carbocycles. The molecular weight excluding hydrogens is 290 g/mol. The second-order valence-electron chi connectivity index (χ2n) is 6.00. The fraction of sp³-hybridized carbons (Fsp3) is 0.412. The van der Waals surface area contributed by atoms with Gasteiger partial charge in [-0.2, -0.15) is 5.10 Å². The molecule has 0 aliphatic heterocycles. The Bertz CT molecular complexity index is 634. The molecule has 0 radical (unpaired) electrons. The molecule has 2 amide bonds. The third kappa shape index (κ3) is 4.82. The van der Waals surface area contributed by atoms with Crippen molar-refractivity contribution in [2.24, 2.45) is 0 Å². The number of hydrogen-bond donors (Lipinski definition) is 2. The van der Waals surface area contributed by atoms with E-state index in [2.05, 4.69) is 15.7 Å². The number of carbonyl (C=O) groups excluding carboxylic acids is 1. The van der Waals surface area contributed by atoms with E-state index in [1.165, 1.54) is 0 Å². The van der Waals surface area contributed by atoms with E-state index in [1.54, 1.807) is 0 Å². The minimum absolute atomic E-state index is 0.157. The molecule has 23 heavy (non-hydrogen) atoms. The van der Waals surface area contributed by atoms with Crippen LogP contribution in [-0.4, -0.2) is 47.9 Å². The highest BCUT2D eigenvalue weighted by molar-refractivity contribution is 5.89. The van der Waals surface area contributed by atoms with Gasteiger partial charge in [0.2, 0.25) is 0 Å². The topological polar surface area (TPSA) is 62.2 Å². The normalized spacial score (nSPS) is 11.0. The van der Waals surface area contributed by atoms with Gasteiger partial charge in [-0.15, -0.1) is 0 Å². The zero-order chi connectivity index (χ0) is 16.8. The molecule has 0 bridgehead atoms. The Balaban J connectivity index is 2.11. The molecule has 0 aliphatic carbocycles. The SMILES string of the molecule is CC(C)n1nc(-c2ccccc2)cc1NC(=O)NCCN(C)C. The molecule has 0 unspecified atom stereocenters. The molecule has 0 saturated carbocycles. The Labute approximate surface area is 137 Å². The molecule has 1 heterocycles. The molecule has 1 aromatic heterocycles. The number of carbonyl (C=O) groups is 1. The number of benzene rings is 1. The van der Waals surface area contributed by atoms with Crippen LogP contribution in [0.4, 0.5) is 10.6 Å². The Kier molecular flexibility index (Phi) is 5.76. The summed E-state index contributed by atoms with van der Waals surface area (Å²) in [5, 5.41) is 10.3. The molecule has 2 rings (SSSR count). The Morgan fingerprint density at radius 1 is 1.26 bits per heavy atom. The van der Waals surface area contributed by atoms with Crippen LogP contribution in [0.3, 0.4) is 0 Å². The number of likely N-dealkylation sites (N-methyl/N-ethyl adjacent to an activating group) is 1. The van der Waals surface area contributed by atoms with E-state index in [0.717, 1.165) is 17.8 Å². The van der Waals surface area contributed by atoms with Crippen LogP contribution in [0, 0.1) is 0 Å². The van der Waals surface area contributed by atoms with Gasteiger partial charge in [0.05, 0.1) is 5.69 Å². The number of hydrogen-bond acceptors (Lipinski definition) is 3. The van der Waals surface area contributed by atoms with Gasteiger partial charge in [0.1, 0.15) is 5.82 Å². The number of anilines is 1. The van der Waals surface area contributed by atoms with Gasteiger partial charge in [0, 0.05) is 30.8 Å². The minimum atomic E-state index is -0.215. The van der Waals surface area contributed by atoms with Crippen LogP contribution in [0.15, 0.2) is 36.4 Å². The predicted octanol–water partition coefficient (Wildman–Crippen LogP) is 2.81. The number of nitrogens with zero attached hydrogens (tertiary/aromatic N) is 3. The van der Waals surface area contributed by atoms with Gasteiger partial charge in [-0.05, 0) is 27.9 Å². The summed E-state index contributed by atoms with van der Waals surface area (Å²) in [6, 6.07) is 11.8. The summed E-state index contributed by atoms with van der Waals surface area (Å²) in [4.78, 5) is 14.1. The zero-order valence-corrected chi connectivity index (χ0v) is 14.2. The summed E-state index contributed by atoms with van der Waals surface area (Å²) in [7, 11) is 3.94. The van der Waals surface area contributed by atoms with Crippen LogP contribution in [0.1, 0.15) is 19.9 Å². The van der Waals surface area contributed by atoms with E-state index in [9.17, 15) is 4.79 Å². The molecule has 124 valence electrons. The summed E-state index contributed by atoms with van der Waals surface area (Å²) in [5.41, 5.74) is 1.88. The Morgan fingerprint density at radius 3 is 2.57 bits per heavy atom. The number of urea groups is 1. The first-order chi connectivity index (χ1) is 11.0. The highest BCUT2D eigenvalue weighted by Crippen LogP contribution is 2.24. The van der Waals surface area contributed by atoms with Gasteiger partial charge >= 0.3 is 6.03 Å². The lowest BCUT2D eigenvalue weighted by molar-refractivity contribution is 0.250. The van der Waals surface area contributed by atoms with Crippen molar-refractivity contribution in [3.05, 3.63) is 36.4 Å². The first-order valence-corrected chi connectivity index (χ1v) is 7.82. The van der Waals surface area contributed by atoms with Gasteiger partial charge in [0.15, 0.2) is 0 Å². The minimum Gasteiger partial charge on any atom is -0.337 e. The molecule has 2 aromatic rings. The van der Waals surface area contributed by atoms with Gasteiger partial charge in [-0.1, -0.05) is 30.3 Å². The monoisotopic (exact) mass is 315 g/mol. The fourth-order valence-corrected chi connectivity index (χ4v) is 2.18. The molecule has 6 heteroatoms. The van der Waals surface area contributed by atoms with Crippen LogP contribution in [0.25, 0.3) is 11.3 Å². The van der Waals surface area contributed by atoms with E-state index in [1.807, 2.05) is 73.9 Å². The van der Waals surface area contributed by atoms with Gasteiger partial charge < -0.3 is 10.2 Å². The molecule has 0 aliphatic rings. The Hall–Kier alpha value is -2.34. The van der Waals surface area contributed by atoms with Crippen LogP contribution in [0.2, 0.25) is 0 Å². The molecule has 6 nitrogen and oxygen atoms in total. The van der Waals surface area contributed by atoms with Crippen LogP contribution in [-0.2, 0) is 0 Å². The van der Waals surface area contributed by atoms with E-state index in [4.69, 9.17) is 0 Å². The average Bonchev–Trinajstić information content (AvgIpc) is 2.92. The zero-order valence-electron chi connectivity index (χ0n) is 14.2. The maximum absolute atomic E-state index is 12.0. The smallest absolute Gasteiger partial charge is 0.320 e. The summed E-state index contributed by atoms with van der Waals surface area (Å²) < 4.78 is 1.83. The van der Waals surface area contributed by atoms with E-state index in [0.29, 0.717) is 12.4 Å². The van der Waals surface area contributed by atoms with Crippen molar-refractivity contribution in [1.82, 2.24) is 20.0 Å². The Morgan fingerprint density at radius 2 is 1.96 bits per heavy atom. The van der Waals surface area contributed by atoms with Crippen LogP contribution < -0.4 is 10.6 Å². The van der Waals surface area contributed by atoms with E-state index in [-0.39, 0.29) is 12.1 Å². The van der Waals surface area contributed by atoms with Gasteiger partial charge in [0.25, 0.3) is 0 Å².